The first-order valence-electron chi connectivity index (χ1n) is 10.1. The quantitative estimate of drug-likeness (QED) is 0.652. The molecule has 28 heavy (non-hydrogen) atoms. The van der Waals surface area contributed by atoms with Gasteiger partial charge in [0.05, 0.1) is 6.04 Å². The Bertz CT molecular complexity index is 772. The Hall–Kier alpha value is -2.43. The van der Waals surface area contributed by atoms with Gasteiger partial charge in [0.2, 0.25) is 0 Å². The van der Waals surface area contributed by atoms with Crippen molar-refractivity contribution in [3.05, 3.63) is 83.9 Å². The number of carbonyl (C=O) groups is 1. The van der Waals surface area contributed by atoms with Crippen LogP contribution in [0.3, 0.4) is 0 Å². The number of rotatable bonds is 9. The van der Waals surface area contributed by atoms with Crippen molar-refractivity contribution < 1.29 is 9.90 Å². The highest BCUT2D eigenvalue weighted by molar-refractivity contribution is 5.82. The summed E-state index contributed by atoms with van der Waals surface area (Å²) >= 11 is 0. The molecule has 0 spiro atoms. The van der Waals surface area contributed by atoms with Gasteiger partial charge in [0, 0.05) is 18.6 Å². The molecule has 4 nitrogen and oxygen atoms in total. The Morgan fingerprint density at radius 2 is 1.75 bits per heavy atom. The van der Waals surface area contributed by atoms with Crippen molar-refractivity contribution in [2.75, 3.05) is 0 Å². The standard InChI is InChI=1S/C24H30N2O2/c1-3-10-22(23(27)24(28)25-21-15-16-21)26(17-19-11-6-4-7-12-19)18(2)20-13-8-5-9-14-20/h3-14,18,21-23,27H,15-17H2,1-2H3,(H,25,28)/t18-,22-,23?/m0/s1. The van der Waals surface area contributed by atoms with Crippen LogP contribution in [0.4, 0.5) is 0 Å². The van der Waals surface area contributed by atoms with Gasteiger partial charge in [-0.3, -0.25) is 9.69 Å². The molecule has 1 saturated carbocycles. The maximum atomic E-state index is 12.6. The summed E-state index contributed by atoms with van der Waals surface area (Å²) in [5, 5.41) is 13.9. The molecule has 0 radical (unpaired) electrons. The highest BCUT2D eigenvalue weighted by atomic mass is 16.3. The second kappa shape index (κ2) is 9.67. The molecule has 0 aromatic heterocycles. The molecule has 1 amide bonds. The molecular formula is C24H30N2O2. The molecule has 0 bridgehead atoms. The van der Waals surface area contributed by atoms with Gasteiger partial charge in [-0.1, -0.05) is 72.8 Å². The second-order valence-electron chi connectivity index (χ2n) is 7.49. The first-order valence-corrected chi connectivity index (χ1v) is 10.1. The third-order valence-electron chi connectivity index (χ3n) is 5.28. The van der Waals surface area contributed by atoms with Crippen LogP contribution in [-0.2, 0) is 11.3 Å². The maximum absolute atomic E-state index is 12.6. The van der Waals surface area contributed by atoms with Crippen molar-refractivity contribution in [3.8, 4) is 0 Å². The molecule has 0 heterocycles. The molecule has 0 aliphatic heterocycles. The highest BCUT2D eigenvalue weighted by Gasteiger charge is 2.35. The predicted molar refractivity (Wildman–Crippen MR) is 113 cm³/mol. The van der Waals surface area contributed by atoms with Crippen molar-refractivity contribution in [1.82, 2.24) is 10.2 Å². The first-order chi connectivity index (χ1) is 13.6. The zero-order valence-corrected chi connectivity index (χ0v) is 16.7. The molecule has 2 aromatic rings. The number of hydrogen-bond donors (Lipinski definition) is 2. The smallest absolute Gasteiger partial charge is 0.251 e. The zero-order chi connectivity index (χ0) is 19.9. The largest absolute Gasteiger partial charge is 0.381 e. The number of benzene rings is 2. The van der Waals surface area contributed by atoms with Gasteiger partial charge >= 0.3 is 0 Å². The van der Waals surface area contributed by atoms with Gasteiger partial charge < -0.3 is 10.4 Å². The average molecular weight is 379 g/mol. The van der Waals surface area contributed by atoms with Crippen LogP contribution in [0.5, 0.6) is 0 Å². The van der Waals surface area contributed by atoms with Crippen molar-refractivity contribution in [2.45, 2.75) is 57.5 Å². The number of allylic oxidation sites excluding steroid dienone is 1. The number of nitrogens with zero attached hydrogens (tertiary/aromatic N) is 1. The maximum Gasteiger partial charge on any atom is 0.251 e. The van der Waals surface area contributed by atoms with E-state index >= 15 is 0 Å². The molecule has 148 valence electrons. The Labute approximate surface area is 167 Å². The molecule has 2 N–H and O–H groups in total. The van der Waals surface area contributed by atoms with Gasteiger partial charge in [0.25, 0.3) is 5.91 Å². The van der Waals surface area contributed by atoms with Gasteiger partial charge in [-0.2, -0.15) is 0 Å². The second-order valence-corrected chi connectivity index (χ2v) is 7.49. The minimum atomic E-state index is -1.12. The van der Waals surface area contributed by atoms with Crippen LogP contribution < -0.4 is 5.32 Å². The SMILES string of the molecule is CC=C[C@@H](C(O)C(=O)NC1CC1)N(Cc1ccccc1)[C@@H](C)c1ccccc1. The number of nitrogens with one attached hydrogen (secondary N) is 1. The van der Waals surface area contributed by atoms with Crippen LogP contribution >= 0.6 is 0 Å². The van der Waals surface area contributed by atoms with Crippen LogP contribution in [-0.4, -0.2) is 34.1 Å². The van der Waals surface area contributed by atoms with E-state index in [0.29, 0.717) is 6.54 Å². The summed E-state index contributed by atoms with van der Waals surface area (Å²) in [4.78, 5) is 14.8. The number of hydrogen-bond acceptors (Lipinski definition) is 3. The van der Waals surface area contributed by atoms with Crippen molar-refractivity contribution >= 4 is 5.91 Å². The fourth-order valence-electron chi connectivity index (χ4n) is 3.48. The lowest BCUT2D eigenvalue weighted by Crippen LogP contribution is -2.50. The molecule has 1 unspecified atom stereocenters. The summed E-state index contributed by atoms with van der Waals surface area (Å²) in [6.07, 6.45) is 4.72. The van der Waals surface area contributed by atoms with E-state index in [9.17, 15) is 9.90 Å². The van der Waals surface area contributed by atoms with E-state index in [1.807, 2.05) is 55.5 Å². The van der Waals surface area contributed by atoms with Crippen LogP contribution in [0.2, 0.25) is 0 Å². The van der Waals surface area contributed by atoms with Crippen molar-refractivity contribution in [3.63, 3.8) is 0 Å². The van der Waals surface area contributed by atoms with Crippen LogP contribution in [0.25, 0.3) is 0 Å². The third kappa shape index (κ3) is 5.31. The third-order valence-corrected chi connectivity index (χ3v) is 5.28. The summed E-state index contributed by atoms with van der Waals surface area (Å²) in [6, 6.07) is 20.2. The summed E-state index contributed by atoms with van der Waals surface area (Å²) in [6.45, 7) is 4.69. The molecule has 1 fully saturated rings. The Morgan fingerprint density at radius 3 is 2.32 bits per heavy atom. The number of aliphatic hydroxyl groups is 1. The van der Waals surface area contributed by atoms with Crippen molar-refractivity contribution in [2.24, 2.45) is 0 Å². The van der Waals surface area contributed by atoms with Crippen LogP contribution in [0.1, 0.15) is 43.9 Å². The highest BCUT2D eigenvalue weighted by Crippen LogP contribution is 2.27. The van der Waals surface area contributed by atoms with Crippen molar-refractivity contribution in [1.29, 1.82) is 0 Å². The Kier molecular flexibility index (Phi) is 7.01. The monoisotopic (exact) mass is 378 g/mol. The van der Waals surface area contributed by atoms with E-state index in [1.165, 1.54) is 0 Å². The topological polar surface area (TPSA) is 52.6 Å². The van der Waals surface area contributed by atoms with E-state index in [1.54, 1.807) is 0 Å². The fourth-order valence-corrected chi connectivity index (χ4v) is 3.48. The summed E-state index contributed by atoms with van der Waals surface area (Å²) in [5.74, 6) is -0.288. The lowest BCUT2D eigenvalue weighted by atomic mass is 9.99. The zero-order valence-electron chi connectivity index (χ0n) is 16.7. The molecule has 3 atom stereocenters. The van der Waals surface area contributed by atoms with Crippen LogP contribution in [0.15, 0.2) is 72.8 Å². The van der Waals surface area contributed by atoms with Crippen LogP contribution in [0, 0.1) is 0 Å². The van der Waals surface area contributed by atoms with Gasteiger partial charge in [-0.25, -0.2) is 0 Å². The van der Waals surface area contributed by atoms with E-state index in [0.717, 1.165) is 24.0 Å². The molecular weight excluding hydrogens is 348 g/mol. The van der Waals surface area contributed by atoms with Gasteiger partial charge in [-0.15, -0.1) is 0 Å². The molecule has 4 heteroatoms. The number of aliphatic hydroxyl groups excluding tert-OH is 1. The summed E-state index contributed by atoms with van der Waals surface area (Å²) in [5.41, 5.74) is 2.30. The lowest BCUT2D eigenvalue weighted by Gasteiger charge is -2.37. The summed E-state index contributed by atoms with van der Waals surface area (Å²) < 4.78 is 0. The molecule has 1 aliphatic carbocycles. The predicted octanol–water partition coefficient (Wildman–Crippen LogP) is 3.83. The summed E-state index contributed by atoms with van der Waals surface area (Å²) in [7, 11) is 0. The fraction of sp³-hybridized carbons (Fsp3) is 0.375. The minimum Gasteiger partial charge on any atom is -0.381 e. The Balaban J connectivity index is 1.89. The lowest BCUT2D eigenvalue weighted by molar-refractivity contribution is -0.132. The molecule has 1 aliphatic rings. The number of carbonyl (C=O) groups excluding carboxylic acids is 1. The van der Waals surface area contributed by atoms with E-state index in [4.69, 9.17) is 0 Å². The van der Waals surface area contributed by atoms with Gasteiger partial charge in [-0.05, 0) is 37.8 Å². The van der Waals surface area contributed by atoms with E-state index in [-0.39, 0.29) is 18.0 Å². The van der Waals surface area contributed by atoms with E-state index < -0.39 is 12.1 Å². The Morgan fingerprint density at radius 1 is 1.14 bits per heavy atom. The normalized spacial score (nSPS) is 17.4. The van der Waals surface area contributed by atoms with E-state index in [2.05, 4.69) is 41.4 Å². The number of amides is 1. The minimum absolute atomic E-state index is 0.0333. The molecule has 0 saturated heterocycles. The first kappa shape index (κ1) is 20.3. The van der Waals surface area contributed by atoms with Gasteiger partial charge in [0.1, 0.15) is 0 Å². The average Bonchev–Trinajstić information content (AvgIpc) is 3.55. The van der Waals surface area contributed by atoms with Gasteiger partial charge in [0.15, 0.2) is 6.10 Å². The molecule has 2 aromatic carbocycles. The molecule has 3 rings (SSSR count).